The molecule has 0 unspecified atom stereocenters. The Balaban J connectivity index is 1.97. The van der Waals surface area contributed by atoms with Crippen LogP contribution >= 0.6 is 11.8 Å². The van der Waals surface area contributed by atoms with Gasteiger partial charge in [0.25, 0.3) is 0 Å². The second-order valence-corrected chi connectivity index (χ2v) is 6.34. The van der Waals surface area contributed by atoms with E-state index in [0.717, 1.165) is 22.5 Å². The summed E-state index contributed by atoms with van der Waals surface area (Å²) >= 11 is 1.45. The molecule has 0 bridgehead atoms. The van der Waals surface area contributed by atoms with E-state index in [2.05, 4.69) is 16.4 Å². The highest BCUT2D eigenvalue weighted by Gasteiger charge is 2.13. The maximum absolute atomic E-state index is 11.9. The number of benzene rings is 1. The highest BCUT2D eigenvalue weighted by molar-refractivity contribution is 7.99. The van der Waals surface area contributed by atoms with Crippen LogP contribution in [0.5, 0.6) is 0 Å². The van der Waals surface area contributed by atoms with E-state index in [-0.39, 0.29) is 5.91 Å². The molecule has 0 aliphatic carbocycles. The van der Waals surface area contributed by atoms with Gasteiger partial charge in [0.2, 0.25) is 5.91 Å². The van der Waals surface area contributed by atoms with Crippen LogP contribution in [0.15, 0.2) is 35.4 Å². The maximum Gasteiger partial charge on any atom is 0.225 e. The van der Waals surface area contributed by atoms with Crippen molar-refractivity contribution in [2.24, 2.45) is 0 Å². The van der Waals surface area contributed by atoms with E-state index in [9.17, 15) is 10.1 Å². The average Bonchev–Trinajstić information content (AvgIpc) is 2.54. The molecule has 0 saturated heterocycles. The Labute approximate surface area is 140 Å². The molecule has 2 rings (SSSR count). The SMILES string of the molecule is Cc1nc(SCCC(=O)Nc2ccccc2)c(C#N)c(C)c1C. The summed E-state index contributed by atoms with van der Waals surface area (Å²) in [6.45, 7) is 5.85. The number of nitrogens with zero attached hydrogens (tertiary/aromatic N) is 2. The molecule has 5 heteroatoms. The lowest BCUT2D eigenvalue weighted by Crippen LogP contribution is -2.12. The van der Waals surface area contributed by atoms with E-state index in [1.165, 1.54) is 11.8 Å². The minimum absolute atomic E-state index is 0.0391. The van der Waals surface area contributed by atoms with E-state index in [0.29, 0.717) is 22.8 Å². The van der Waals surface area contributed by atoms with Gasteiger partial charge in [-0.2, -0.15) is 5.26 Å². The van der Waals surface area contributed by atoms with Crippen LogP contribution in [-0.4, -0.2) is 16.6 Å². The van der Waals surface area contributed by atoms with Crippen LogP contribution in [0.3, 0.4) is 0 Å². The van der Waals surface area contributed by atoms with E-state index in [4.69, 9.17) is 0 Å². The number of aromatic nitrogens is 1. The lowest BCUT2D eigenvalue weighted by atomic mass is 10.1. The first kappa shape index (κ1) is 17.0. The number of rotatable bonds is 5. The van der Waals surface area contributed by atoms with Gasteiger partial charge in [-0.1, -0.05) is 18.2 Å². The monoisotopic (exact) mass is 325 g/mol. The van der Waals surface area contributed by atoms with Crippen molar-refractivity contribution in [3.8, 4) is 6.07 Å². The molecule has 4 nitrogen and oxygen atoms in total. The predicted molar refractivity (Wildman–Crippen MR) is 93.6 cm³/mol. The van der Waals surface area contributed by atoms with Gasteiger partial charge in [0.1, 0.15) is 11.1 Å². The first-order valence-electron chi connectivity index (χ1n) is 7.38. The van der Waals surface area contributed by atoms with Crippen molar-refractivity contribution in [1.82, 2.24) is 4.98 Å². The molecule has 0 spiro atoms. The van der Waals surface area contributed by atoms with Gasteiger partial charge in [0, 0.05) is 23.6 Å². The van der Waals surface area contributed by atoms with Crippen molar-refractivity contribution >= 4 is 23.4 Å². The summed E-state index contributed by atoms with van der Waals surface area (Å²) in [7, 11) is 0. The molecule has 0 saturated carbocycles. The van der Waals surface area contributed by atoms with Gasteiger partial charge in [0.05, 0.1) is 5.56 Å². The third kappa shape index (κ3) is 4.33. The largest absolute Gasteiger partial charge is 0.326 e. The van der Waals surface area contributed by atoms with Crippen molar-refractivity contribution in [1.29, 1.82) is 5.26 Å². The summed E-state index contributed by atoms with van der Waals surface area (Å²) in [6, 6.07) is 11.6. The molecule has 1 amide bonds. The number of hydrogen-bond donors (Lipinski definition) is 1. The summed E-state index contributed by atoms with van der Waals surface area (Å²) in [4.78, 5) is 16.4. The third-order valence-electron chi connectivity index (χ3n) is 3.70. The van der Waals surface area contributed by atoms with Crippen molar-refractivity contribution in [3.63, 3.8) is 0 Å². The Hall–Kier alpha value is -2.32. The quantitative estimate of drug-likeness (QED) is 0.844. The van der Waals surface area contributed by atoms with E-state index in [1.54, 1.807) is 0 Å². The van der Waals surface area contributed by atoms with Crippen LogP contribution in [0.1, 0.15) is 28.8 Å². The molecule has 1 heterocycles. The van der Waals surface area contributed by atoms with E-state index >= 15 is 0 Å². The van der Waals surface area contributed by atoms with Crippen LogP contribution < -0.4 is 5.32 Å². The summed E-state index contributed by atoms with van der Waals surface area (Å²) < 4.78 is 0. The van der Waals surface area contributed by atoms with Gasteiger partial charge in [-0.15, -0.1) is 11.8 Å². The number of hydrogen-bond acceptors (Lipinski definition) is 4. The Morgan fingerprint density at radius 3 is 2.57 bits per heavy atom. The molecule has 1 aromatic carbocycles. The van der Waals surface area contributed by atoms with Gasteiger partial charge >= 0.3 is 0 Å². The van der Waals surface area contributed by atoms with Gasteiger partial charge < -0.3 is 5.32 Å². The maximum atomic E-state index is 11.9. The zero-order chi connectivity index (χ0) is 16.8. The average molecular weight is 325 g/mol. The molecule has 0 aliphatic rings. The number of nitrogens with one attached hydrogen (secondary N) is 1. The normalized spacial score (nSPS) is 10.2. The van der Waals surface area contributed by atoms with Crippen molar-refractivity contribution < 1.29 is 4.79 Å². The summed E-state index contributed by atoms with van der Waals surface area (Å²) in [6.07, 6.45) is 0.373. The van der Waals surface area contributed by atoms with Crippen LogP contribution in [0, 0.1) is 32.1 Å². The minimum Gasteiger partial charge on any atom is -0.326 e. The standard InChI is InChI=1S/C18H19N3OS/c1-12-13(2)16(11-19)18(20-14(12)3)23-10-9-17(22)21-15-7-5-4-6-8-15/h4-8H,9-10H2,1-3H3,(H,21,22). The van der Waals surface area contributed by atoms with Gasteiger partial charge in [-0.25, -0.2) is 4.98 Å². The second-order valence-electron chi connectivity index (χ2n) is 5.25. The number of carbonyl (C=O) groups is 1. The number of para-hydroxylation sites is 1. The molecule has 2 aromatic rings. The number of carbonyl (C=O) groups excluding carboxylic acids is 1. The molecular formula is C18H19N3OS. The highest BCUT2D eigenvalue weighted by Crippen LogP contribution is 2.26. The first-order chi connectivity index (χ1) is 11.0. The number of amides is 1. The number of aryl methyl sites for hydroxylation is 1. The lowest BCUT2D eigenvalue weighted by Gasteiger charge is -2.11. The highest BCUT2D eigenvalue weighted by atomic mass is 32.2. The fourth-order valence-electron chi connectivity index (χ4n) is 2.13. The number of pyridine rings is 1. The lowest BCUT2D eigenvalue weighted by molar-refractivity contribution is -0.115. The fourth-order valence-corrected chi connectivity index (χ4v) is 3.16. The number of nitriles is 1. The molecule has 1 aromatic heterocycles. The number of anilines is 1. The molecule has 0 fully saturated rings. The molecule has 118 valence electrons. The first-order valence-corrected chi connectivity index (χ1v) is 8.37. The summed E-state index contributed by atoms with van der Waals surface area (Å²) in [5, 5.41) is 12.9. The summed E-state index contributed by atoms with van der Waals surface area (Å²) in [5.74, 6) is 0.546. The Kier molecular flexibility index (Phi) is 5.78. The summed E-state index contributed by atoms with van der Waals surface area (Å²) in [5.41, 5.74) is 4.35. The van der Waals surface area contributed by atoms with Crippen molar-refractivity contribution in [2.45, 2.75) is 32.2 Å². The van der Waals surface area contributed by atoms with Crippen LogP contribution in [0.2, 0.25) is 0 Å². The predicted octanol–water partition coefficient (Wildman–Crippen LogP) is 4.00. The minimum atomic E-state index is -0.0391. The van der Waals surface area contributed by atoms with Crippen LogP contribution in [-0.2, 0) is 4.79 Å². The van der Waals surface area contributed by atoms with Gasteiger partial charge in [-0.05, 0) is 44.0 Å². The van der Waals surface area contributed by atoms with Crippen LogP contribution in [0.4, 0.5) is 5.69 Å². The Morgan fingerprint density at radius 2 is 1.91 bits per heavy atom. The molecule has 0 radical (unpaired) electrons. The molecule has 0 aliphatic heterocycles. The third-order valence-corrected chi connectivity index (χ3v) is 4.68. The Morgan fingerprint density at radius 1 is 1.22 bits per heavy atom. The molecular weight excluding hydrogens is 306 g/mol. The van der Waals surface area contributed by atoms with Crippen molar-refractivity contribution in [2.75, 3.05) is 11.1 Å². The Bertz CT molecular complexity index is 751. The van der Waals surface area contributed by atoms with E-state index < -0.39 is 0 Å². The smallest absolute Gasteiger partial charge is 0.225 e. The molecule has 0 atom stereocenters. The van der Waals surface area contributed by atoms with E-state index in [1.807, 2.05) is 51.1 Å². The zero-order valence-electron chi connectivity index (χ0n) is 13.5. The van der Waals surface area contributed by atoms with Crippen LogP contribution in [0.25, 0.3) is 0 Å². The van der Waals surface area contributed by atoms with Crippen molar-refractivity contribution in [3.05, 3.63) is 52.7 Å². The molecule has 1 N–H and O–H groups in total. The molecule has 23 heavy (non-hydrogen) atoms. The topological polar surface area (TPSA) is 65.8 Å². The van der Waals surface area contributed by atoms with Gasteiger partial charge in [-0.3, -0.25) is 4.79 Å². The second kappa shape index (κ2) is 7.80. The van der Waals surface area contributed by atoms with Gasteiger partial charge in [0.15, 0.2) is 0 Å². The number of thioether (sulfide) groups is 1. The zero-order valence-corrected chi connectivity index (χ0v) is 14.3. The fraction of sp³-hybridized carbons (Fsp3) is 0.278.